The number of carboxylic acid groups (broad SMARTS) is 1. The minimum atomic E-state index is -1.02. The van der Waals surface area contributed by atoms with Gasteiger partial charge in [0, 0.05) is 23.8 Å². The first-order valence-electron chi connectivity index (χ1n) is 9.15. The molecule has 1 aliphatic heterocycles. The van der Waals surface area contributed by atoms with Crippen molar-refractivity contribution >= 4 is 51.4 Å². The van der Waals surface area contributed by atoms with Gasteiger partial charge in [0.15, 0.2) is 0 Å². The molecule has 3 aromatic rings. The molecule has 3 heterocycles. The number of para-hydroxylation sites is 1. The van der Waals surface area contributed by atoms with Crippen LogP contribution in [-0.4, -0.2) is 32.7 Å². The van der Waals surface area contributed by atoms with Crippen LogP contribution < -0.4 is 0 Å². The summed E-state index contributed by atoms with van der Waals surface area (Å²) in [5.41, 5.74) is 3.34. The first kappa shape index (κ1) is 19.5. The second kappa shape index (κ2) is 7.93. The van der Waals surface area contributed by atoms with Gasteiger partial charge in [-0.25, -0.2) is 9.99 Å². The number of pyridine rings is 1. The van der Waals surface area contributed by atoms with Gasteiger partial charge >= 0.3 is 5.97 Å². The number of hydrazone groups is 1. The van der Waals surface area contributed by atoms with Crippen LogP contribution in [0.25, 0.3) is 10.9 Å². The highest BCUT2D eigenvalue weighted by Gasteiger charge is 2.35. The van der Waals surface area contributed by atoms with E-state index in [1.54, 1.807) is 11.3 Å². The van der Waals surface area contributed by atoms with Crippen molar-refractivity contribution in [3.63, 3.8) is 0 Å². The number of carbonyl (C=O) groups excluding carboxylic acids is 1. The molecule has 0 aliphatic carbocycles. The van der Waals surface area contributed by atoms with Crippen molar-refractivity contribution < 1.29 is 14.7 Å². The molecule has 6 nitrogen and oxygen atoms in total. The Bertz CT molecular complexity index is 1130. The zero-order valence-electron chi connectivity index (χ0n) is 15.6. The highest BCUT2D eigenvalue weighted by molar-refractivity contribution is 7.12. The van der Waals surface area contributed by atoms with Crippen molar-refractivity contribution in [2.24, 2.45) is 5.10 Å². The standard InChI is InChI=1S/C21H18ClN3O3S/c1-12-4-2-5-13-10-14(21(22)23-20(12)13)16-11-15(17-6-3-9-29-17)24-25(16)18(26)7-8-19(27)28/h2-6,9-10,16H,7-8,11H2,1H3,(H,27,28)/t16-/m0/s1. The molecule has 0 saturated carbocycles. The quantitative estimate of drug-likeness (QED) is 0.593. The van der Waals surface area contributed by atoms with Crippen LogP contribution in [0.1, 0.15) is 41.3 Å². The number of thiophene rings is 1. The largest absolute Gasteiger partial charge is 0.481 e. The lowest BCUT2D eigenvalue weighted by Crippen LogP contribution is -2.27. The van der Waals surface area contributed by atoms with Crippen LogP contribution >= 0.6 is 22.9 Å². The molecule has 4 rings (SSSR count). The van der Waals surface area contributed by atoms with E-state index in [1.165, 1.54) is 5.01 Å². The second-order valence-corrected chi connectivity index (χ2v) is 8.20. The van der Waals surface area contributed by atoms with Crippen LogP contribution in [0, 0.1) is 6.92 Å². The minimum Gasteiger partial charge on any atom is -0.481 e. The molecule has 0 unspecified atom stereocenters. The summed E-state index contributed by atoms with van der Waals surface area (Å²) in [6.45, 7) is 1.97. The Morgan fingerprint density at radius 1 is 1.28 bits per heavy atom. The van der Waals surface area contributed by atoms with Crippen LogP contribution in [0.2, 0.25) is 5.15 Å². The van der Waals surface area contributed by atoms with Crippen molar-refractivity contribution in [2.75, 3.05) is 0 Å². The van der Waals surface area contributed by atoms with Gasteiger partial charge in [0.25, 0.3) is 0 Å². The van der Waals surface area contributed by atoms with Crippen LogP contribution in [0.15, 0.2) is 46.9 Å². The molecule has 1 aliphatic rings. The molecule has 0 radical (unpaired) electrons. The van der Waals surface area contributed by atoms with Crippen LogP contribution in [0.4, 0.5) is 0 Å². The zero-order valence-corrected chi connectivity index (χ0v) is 17.2. The first-order chi connectivity index (χ1) is 13.9. The minimum absolute atomic E-state index is 0.120. The van der Waals surface area contributed by atoms with Crippen molar-refractivity contribution in [1.29, 1.82) is 0 Å². The molecule has 1 N–H and O–H groups in total. The number of aliphatic carboxylic acids is 1. The number of benzene rings is 1. The van der Waals surface area contributed by atoms with E-state index in [9.17, 15) is 9.59 Å². The first-order valence-corrected chi connectivity index (χ1v) is 10.4. The lowest BCUT2D eigenvalue weighted by Gasteiger charge is -2.23. The predicted molar refractivity (Wildman–Crippen MR) is 113 cm³/mol. The molecule has 0 saturated heterocycles. The van der Waals surface area contributed by atoms with Gasteiger partial charge in [0.1, 0.15) is 5.15 Å². The zero-order chi connectivity index (χ0) is 20.5. The normalized spacial score (nSPS) is 16.3. The van der Waals surface area contributed by atoms with Gasteiger partial charge in [-0.15, -0.1) is 11.3 Å². The van der Waals surface area contributed by atoms with Crippen molar-refractivity contribution in [3.05, 3.63) is 62.9 Å². The molecule has 148 valence electrons. The molecule has 8 heteroatoms. The average Bonchev–Trinajstić information content (AvgIpc) is 3.36. The van der Waals surface area contributed by atoms with E-state index in [0.29, 0.717) is 17.1 Å². The Labute approximate surface area is 176 Å². The van der Waals surface area contributed by atoms with Gasteiger partial charge in [-0.05, 0) is 30.0 Å². The third kappa shape index (κ3) is 3.88. The molecule has 0 spiro atoms. The van der Waals surface area contributed by atoms with Gasteiger partial charge in [-0.1, -0.05) is 35.9 Å². The number of hydrogen-bond acceptors (Lipinski definition) is 5. The second-order valence-electron chi connectivity index (χ2n) is 6.89. The summed E-state index contributed by atoms with van der Waals surface area (Å²) < 4.78 is 0. The lowest BCUT2D eigenvalue weighted by atomic mass is 10.00. The molecule has 0 bridgehead atoms. The van der Waals surface area contributed by atoms with E-state index < -0.39 is 12.0 Å². The monoisotopic (exact) mass is 427 g/mol. The van der Waals surface area contributed by atoms with E-state index >= 15 is 0 Å². The fraction of sp³-hybridized carbons (Fsp3) is 0.238. The van der Waals surface area contributed by atoms with Crippen molar-refractivity contribution in [1.82, 2.24) is 9.99 Å². The number of halogens is 1. The third-order valence-corrected chi connectivity index (χ3v) is 6.13. The molecular formula is C21H18ClN3O3S. The maximum absolute atomic E-state index is 12.8. The van der Waals surface area contributed by atoms with Gasteiger partial charge in [0.05, 0.1) is 28.6 Å². The highest BCUT2D eigenvalue weighted by atomic mass is 35.5. The predicted octanol–water partition coefficient (Wildman–Crippen LogP) is 4.80. The SMILES string of the molecule is Cc1cccc2cc([C@@H]3CC(c4cccs4)=NN3C(=O)CCC(=O)O)c(Cl)nc12. The van der Waals surface area contributed by atoms with Crippen molar-refractivity contribution in [2.45, 2.75) is 32.2 Å². The highest BCUT2D eigenvalue weighted by Crippen LogP contribution is 2.38. The van der Waals surface area contributed by atoms with Gasteiger partial charge in [-0.3, -0.25) is 9.59 Å². The summed E-state index contributed by atoms with van der Waals surface area (Å²) in [6, 6.07) is 11.3. The maximum Gasteiger partial charge on any atom is 0.303 e. The summed E-state index contributed by atoms with van der Waals surface area (Å²) in [5.74, 6) is -1.36. The molecule has 2 aromatic heterocycles. The van der Waals surface area contributed by atoms with Crippen molar-refractivity contribution in [3.8, 4) is 0 Å². The van der Waals surface area contributed by atoms with Gasteiger partial charge in [0.2, 0.25) is 5.91 Å². The number of amides is 1. The number of carboxylic acids is 1. The number of aromatic nitrogens is 1. The van der Waals surface area contributed by atoms with E-state index in [-0.39, 0.29) is 18.7 Å². The Kier molecular flexibility index (Phi) is 5.34. The van der Waals surface area contributed by atoms with Crippen LogP contribution in [0.3, 0.4) is 0 Å². The molecule has 1 aromatic carbocycles. The fourth-order valence-corrected chi connectivity index (χ4v) is 4.46. The number of rotatable bonds is 5. The Morgan fingerprint density at radius 3 is 2.83 bits per heavy atom. The Hall–Kier alpha value is -2.77. The van der Waals surface area contributed by atoms with E-state index in [2.05, 4.69) is 10.1 Å². The Morgan fingerprint density at radius 2 is 2.10 bits per heavy atom. The summed E-state index contributed by atoms with van der Waals surface area (Å²) in [6.07, 6.45) is 0.137. The Balaban J connectivity index is 1.74. The topological polar surface area (TPSA) is 82.9 Å². The number of aryl methyl sites for hydroxylation is 1. The maximum atomic E-state index is 12.8. The average molecular weight is 428 g/mol. The lowest BCUT2D eigenvalue weighted by molar-refractivity contribution is -0.141. The molecule has 1 atom stereocenters. The fourth-order valence-electron chi connectivity index (χ4n) is 3.48. The van der Waals surface area contributed by atoms with E-state index in [4.69, 9.17) is 16.7 Å². The number of nitrogens with zero attached hydrogens (tertiary/aromatic N) is 3. The molecular weight excluding hydrogens is 410 g/mol. The number of carbonyl (C=O) groups is 2. The van der Waals surface area contributed by atoms with E-state index in [0.717, 1.165) is 27.1 Å². The summed E-state index contributed by atoms with van der Waals surface area (Å²) in [5, 5.41) is 18.1. The summed E-state index contributed by atoms with van der Waals surface area (Å²) >= 11 is 8.08. The number of hydrogen-bond donors (Lipinski definition) is 1. The summed E-state index contributed by atoms with van der Waals surface area (Å²) in [4.78, 5) is 29.2. The molecule has 1 amide bonds. The van der Waals surface area contributed by atoms with Crippen LogP contribution in [0.5, 0.6) is 0 Å². The van der Waals surface area contributed by atoms with E-state index in [1.807, 2.05) is 48.7 Å². The molecule has 0 fully saturated rings. The smallest absolute Gasteiger partial charge is 0.303 e. The van der Waals surface area contributed by atoms with Gasteiger partial charge in [-0.2, -0.15) is 5.10 Å². The summed E-state index contributed by atoms with van der Waals surface area (Å²) in [7, 11) is 0. The third-order valence-electron chi connectivity index (χ3n) is 4.91. The molecule has 29 heavy (non-hydrogen) atoms. The number of fused-ring (bicyclic) bond motifs is 1. The van der Waals surface area contributed by atoms with Crippen LogP contribution in [-0.2, 0) is 9.59 Å². The van der Waals surface area contributed by atoms with Gasteiger partial charge < -0.3 is 5.11 Å².